The maximum Gasteiger partial charge on any atom is 0.279 e. The molecule has 0 unspecified atom stereocenters. The highest BCUT2D eigenvalue weighted by molar-refractivity contribution is 6.10. The standard InChI is InChI=1S/C22H17N3O3/c1-28-21-19(22(26)25-27)17-4-2-3-5-18(17)24-20(21)16-8-6-14(7-9-16)15-10-12-23-13-11-15/h2-13,27H,1H3,(H,25,26). The minimum absolute atomic E-state index is 0.240. The number of benzene rings is 2. The van der Waals surface area contributed by atoms with E-state index in [1.165, 1.54) is 7.11 Å². The molecule has 138 valence electrons. The topological polar surface area (TPSA) is 84.3 Å². The van der Waals surface area contributed by atoms with Gasteiger partial charge in [0.1, 0.15) is 5.69 Å². The van der Waals surface area contributed by atoms with Crippen molar-refractivity contribution in [3.63, 3.8) is 0 Å². The Labute approximate surface area is 161 Å². The van der Waals surface area contributed by atoms with Gasteiger partial charge in [0.2, 0.25) is 0 Å². The molecule has 0 aliphatic rings. The van der Waals surface area contributed by atoms with E-state index < -0.39 is 5.91 Å². The van der Waals surface area contributed by atoms with E-state index in [-0.39, 0.29) is 5.56 Å². The molecule has 4 rings (SSSR count). The summed E-state index contributed by atoms with van der Waals surface area (Å²) in [5.41, 5.74) is 6.00. The van der Waals surface area contributed by atoms with Crippen molar-refractivity contribution < 1.29 is 14.7 Å². The number of para-hydroxylation sites is 1. The molecule has 2 aromatic heterocycles. The molecule has 2 aromatic carbocycles. The third kappa shape index (κ3) is 3.06. The fraction of sp³-hybridized carbons (Fsp3) is 0.0455. The summed E-state index contributed by atoms with van der Waals surface area (Å²) >= 11 is 0. The number of rotatable bonds is 4. The molecule has 0 radical (unpaired) electrons. The van der Waals surface area contributed by atoms with Gasteiger partial charge in [-0.3, -0.25) is 15.0 Å². The molecule has 0 bridgehead atoms. The molecule has 0 saturated heterocycles. The van der Waals surface area contributed by atoms with Crippen molar-refractivity contribution in [3.05, 3.63) is 78.6 Å². The van der Waals surface area contributed by atoms with Crippen LogP contribution in [-0.2, 0) is 0 Å². The normalized spacial score (nSPS) is 10.6. The minimum Gasteiger partial charge on any atom is -0.494 e. The van der Waals surface area contributed by atoms with Gasteiger partial charge < -0.3 is 4.74 Å². The summed E-state index contributed by atoms with van der Waals surface area (Å²) < 4.78 is 5.53. The van der Waals surface area contributed by atoms with Crippen molar-refractivity contribution in [2.75, 3.05) is 7.11 Å². The van der Waals surface area contributed by atoms with Crippen LogP contribution in [0.1, 0.15) is 10.4 Å². The Morgan fingerprint density at radius 3 is 2.25 bits per heavy atom. The number of hydroxylamine groups is 1. The van der Waals surface area contributed by atoms with Gasteiger partial charge in [0.05, 0.1) is 18.2 Å². The van der Waals surface area contributed by atoms with Crippen LogP contribution in [0.4, 0.5) is 0 Å². The van der Waals surface area contributed by atoms with Gasteiger partial charge in [-0.2, -0.15) is 0 Å². The zero-order valence-corrected chi connectivity index (χ0v) is 15.1. The smallest absolute Gasteiger partial charge is 0.279 e. The second-order valence-electron chi connectivity index (χ2n) is 6.14. The number of nitrogens with zero attached hydrogens (tertiary/aromatic N) is 2. The first-order valence-corrected chi connectivity index (χ1v) is 8.65. The van der Waals surface area contributed by atoms with Crippen LogP contribution in [-0.4, -0.2) is 28.2 Å². The summed E-state index contributed by atoms with van der Waals surface area (Å²) in [6, 6.07) is 18.9. The lowest BCUT2D eigenvalue weighted by Gasteiger charge is -2.15. The second kappa shape index (κ2) is 7.46. The first kappa shape index (κ1) is 17.6. The summed E-state index contributed by atoms with van der Waals surface area (Å²) in [7, 11) is 1.48. The van der Waals surface area contributed by atoms with Crippen LogP contribution >= 0.6 is 0 Å². The van der Waals surface area contributed by atoms with Crippen molar-refractivity contribution in [1.29, 1.82) is 0 Å². The number of pyridine rings is 2. The van der Waals surface area contributed by atoms with Gasteiger partial charge in [0.15, 0.2) is 5.75 Å². The van der Waals surface area contributed by atoms with E-state index in [0.717, 1.165) is 16.7 Å². The van der Waals surface area contributed by atoms with E-state index in [1.54, 1.807) is 30.0 Å². The molecule has 4 aromatic rings. The number of nitrogens with one attached hydrogen (secondary N) is 1. The van der Waals surface area contributed by atoms with E-state index in [2.05, 4.69) is 4.98 Å². The Kier molecular flexibility index (Phi) is 4.70. The van der Waals surface area contributed by atoms with Crippen molar-refractivity contribution in [1.82, 2.24) is 15.4 Å². The van der Waals surface area contributed by atoms with E-state index >= 15 is 0 Å². The Balaban J connectivity index is 1.90. The van der Waals surface area contributed by atoms with Gasteiger partial charge in [0.25, 0.3) is 5.91 Å². The number of carbonyl (C=O) groups excluding carboxylic acids is 1. The summed E-state index contributed by atoms with van der Waals surface area (Å²) in [4.78, 5) is 21.1. The molecule has 0 aliphatic heterocycles. The van der Waals surface area contributed by atoms with Gasteiger partial charge in [-0.05, 0) is 29.3 Å². The first-order chi connectivity index (χ1) is 13.7. The molecule has 2 heterocycles. The van der Waals surface area contributed by atoms with Gasteiger partial charge >= 0.3 is 0 Å². The van der Waals surface area contributed by atoms with E-state index in [0.29, 0.717) is 22.3 Å². The van der Waals surface area contributed by atoms with Crippen molar-refractivity contribution in [3.8, 4) is 28.1 Å². The molecular weight excluding hydrogens is 354 g/mol. The molecule has 0 atom stereocenters. The molecule has 6 heteroatoms. The lowest BCUT2D eigenvalue weighted by atomic mass is 9.99. The predicted molar refractivity (Wildman–Crippen MR) is 106 cm³/mol. The largest absolute Gasteiger partial charge is 0.494 e. The molecule has 0 spiro atoms. The number of aromatic nitrogens is 2. The van der Waals surface area contributed by atoms with Gasteiger partial charge in [-0.1, -0.05) is 42.5 Å². The molecule has 2 N–H and O–H groups in total. The van der Waals surface area contributed by atoms with Gasteiger partial charge in [-0.15, -0.1) is 0 Å². The third-order valence-corrected chi connectivity index (χ3v) is 4.55. The van der Waals surface area contributed by atoms with Crippen molar-refractivity contribution in [2.45, 2.75) is 0 Å². The maximum absolute atomic E-state index is 12.4. The fourth-order valence-corrected chi connectivity index (χ4v) is 3.24. The van der Waals surface area contributed by atoms with Crippen LogP contribution in [0.25, 0.3) is 33.3 Å². The SMILES string of the molecule is COc1c(-c2ccc(-c3ccncc3)cc2)nc2ccccc2c1C(=O)NO. The maximum atomic E-state index is 12.4. The summed E-state index contributed by atoms with van der Waals surface area (Å²) in [5.74, 6) is -0.341. The van der Waals surface area contributed by atoms with Crippen molar-refractivity contribution in [2.24, 2.45) is 0 Å². The minimum atomic E-state index is -0.648. The monoisotopic (exact) mass is 371 g/mol. The number of ether oxygens (including phenoxy) is 1. The Bertz CT molecular complexity index is 1140. The van der Waals surface area contributed by atoms with Crippen LogP contribution in [0.3, 0.4) is 0 Å². The number of amides is 1. The average Bonchev–Trinajstić information content (AvgIpc) is 2.78. The molecule has 28 heavy (non-hydrogen) atoms. The summed E-state index contributed by atoms with van der Waals surface area (Å²) in [6.45, 7) is 0. The molecule has 0 saturated carbocycles. The molecule has 1 amide bonds. The number of hydrogen-bond acceptors (Lipinski definition) is 5. The Morgan fingerprint density at radius 2 is 1.57 bits per heavy atom. The Morgan fingerprint density at radius 1 is 0.929 bits per heavy atom. The number of fused-ring (bicyclic) bond motifs is 1. The van der Waals surface area contributed by atoms with Crippen LogP contribution in [0.5, 0.6) is 5.75 Å². The molecular formula is C22H17N3O3. The summed E-state index contributed by atoms with van der Waals surface area (Å²) in [6.07, 6.45) is 3.49. The highest BCUT2D eigenvalue weighted by Gasteiger charge is 2.22. The van der Waals surface area contributed by atoms with Crippen LogP contribution in [0, 0.1) is 0 Å². The Hall–Kier alpha value is -3.77. The number of hydrogen-bond donors (Lipinski definition) is 2. The fourth-order valence-electron chi connectivity index (χ4n) is 3.24. The quantitative estimate of drug-likeness (QED) is 0.417. The second-order valence-corrected chi connectivity index (χ2v) is 6.14. The number of carbonyl (C=O) groups is 1. The lowest BCUT2D eigenvalue weighted by molar-refractivity contribution is 0.0705. The van der Waals surface area contributed by atoms with Crippen LogP contribution in [0.2, 0.25) is 0 Å². The number of methoxy groups -OCH3 is 1. The predicted octanol–water partition coefficient (Wildman–Crippen LogP) is 4.09. The van der Waals surface area contributed by atoms with Gasteiger partial charge in [-0.25, -0.2) is 10.5 Å². The first-order valence-electron chi connectivity index (χ1n) is 8.65. The van der Waals surface area contributed by atoms with E-state index in [9.17, 15) is 10.0 Å². The summed E-state index contributed by atoms with van der Waals surface area (Å²) in [5, 5.41) is 9.81. The zero-order chi connectivity index (χ0) is 19.5. The van der Waals surface area contributed by atoms with Crippen molar-refractivity contribution >= 4 is 16.8 Å². The lowest BCUT2D eigenvalue weighted by Crippen LogP contribution is -2.20. The molecule has 6 nitrogen and oxygen atoms in total. The zero-order valence-electron chi connectivity index (χ0n) is 15.1. The van der Waals surface area contributed by atoms with Gasteiger partial charge in [0, 0.05) is 23.3 Å². The highest BCUT2D eigenvalue weighted by Crippen LogP contribution is 2.36. The molecule has 0 fully saturated rings. The third-order valence-electron chi connectivity index (χ3n) is 4.55. The van der Waals surface area contributed by atoms with E-state index in [4.69, 9.17) is 9.72 Å². The van der Waals surface area contributed by atoms with Crippen LogP contribution < -0.4 is 10.2 Å². The van der Waals surface area contributed by atoms with Crippen LogP contribution in [0.15, 0.2) is 73.1 Å². The average molecular weight is 371 g/mol. The molecule has 0 aliphatic carbocycles. The van der Waals surface area contributed by atoms with E-state index in [1.807, 2.05) is 48.5 Å². The highest BCUT2D eigenvalue weighted by atomic mass is 16.5.